The SMILES string of the molecule is CC.CN(c1ccc(-c2ccc(N(c3ccc(-c4ccccc4)cc3)c3ccc(-c4ccccc4)cc3)cc2)cc1)c1cc2ccccc2c2ccccc12. The summed E-state index contributed by atoms with van der Waals surface area (Å²) in [7, 11) is 2.16. The van der Waals surface area contributed by atoms with Crippen molar-refractivity contribution in [1.82, 2.24) is 0 Å². The second-order valence-electron chi connectivity index (χ2n) is 13.5. The number of nitrogens with zero attached hydrogens (tertiary/aromatic N) is 2. The molecule has 9 aromatic rings. The molecule has 0 heterocycles. The number of anilines is 5. The minimum absolute atomic E-state index is 1.10. The molecule has 0 saturated heterocycles. The molecule has 0 bridgehead atoms. The molecule has 9 aromatic carbocycles. The average molecular weight is 709 g/mol. The highest BCUT2D eigenvalue weighted by atomic mass is 15.1. The smallest absolute Gasteiger partial charge is 0.0494 e. The van der Waals surface area contributed by atoms with Crippen molar-refractivity contribution < 1.29 is 0 Å². The van der Waals surface area contributed by atoms with Crippen molar-refractivity contribution in [2.45, 2.75) is 13.8 Å². The van der Waals surface area contributed by atoms with Crippen molar-refractivity contribution in [3.8, 4) is 33.4 Å². The van der Waals surface area contributed by atoms with Gasteiger partial charge in [0.25, 0.3) is 0 Å². The lowest BCUT2D eigenvalue weighted by Crippen LogP contribution is -2.10. The van der Waals surface area contributed by atoms with Crippen LogP contribution in [-0.2, 0) is 0 Å². The van der Waals surface area contributed by atoms with Gasteiger partial charge in [0.05, 0.1) is 0 Å². The van der Waals surface area contributed by atoms with Gasteiger partial charge in [0.2, 0.25) is 0 Å². The van der Waals surface area contributed by atoms with E-state index < -0.39 is 0 Å². The highest BCUT2D eigenvalue weighted by molar-refractivity contribution is 6.13. The zero-order valence-corrected chi connectivity index (χ0v) is 31.6. The molecule has 0 saturated carbocycles. The summed E-state index contributed by atoms with van der Waals surface area (Å²) in [5.74, 6) is 0. The highest BCUT2D eigenvalue weighted by Crippen LogP contribution is 2.39. The first-order valence-electron chi connectivity index (χ1n) is 19.2. The Hall–Kier alpha value is -6.90. The molecule has 0 atom stereocenters. The molecule has 0 N–H and O–H groups in total. The number of benzene rings is 9. The maximum Gasteiger partial charge on any atom is 0.0494 e. The van der Waals surface area contributed by atoms with Crippen LogP contribution in [0.1, 0.15) is 13.8 Å². The molecular weight excluding hydrogens is 665 g/mol. The molecule has 0 unspecified atom stereocenters. The molecule has 0 radical (unpaired) electrons. The molecule has 9 rings (SSSR count). The van der Waals surface area contributed by atoms with Gasteiger partial charge in [-0.3, -0.25) is 0 Å². The van der Waals surface area contributed by atoms with Gasteiger partial charge in [-0.05, 0) is 104 Å². The summed E-state index contributed by atoms with van der Waals surface area (Å²) in [6, 6.07) is 76.3. The Morgan fingerprint density at radius 1 is 0.291 bits per heavy atom. The van der Waals surface area contributed by atoms with Crippen LogP contribution in [0.5, 0.6) is 0 Å². The minimum Gasteiger partial charge on any atom is -0.344 e. The Labute approximate surface area is 325 Å². The summed E-state index contributed by atoms with van der Waals surface area (Å²) in [4.78, 5) is 4.63. The van der Waals surface area contributed by atoms with E-state index in [0.29, 0.717) is 0 Å². The zero-order chi connectivity index (χ0) is 37.6. The van der Waals surface area contributed by atoms with Gasteiger partial charge < -0.3 is 9.80 Å². The normalized spacial score (nSPS) is 10.8. The molecule has 0 aromatic heterocycles. The largest absolute Gasteiger partial charge is 0.344 e. The van der Waals surface area contributed by atoms with Gasteiger partial charge >= 0.3 is 0 Å². The number of hydrogen-bond acceptors (Lipinski definition) is 2. The average Bonchev–Trinajstić information content (AvgIpc) is 3.28. The predicted molar refractivity (Wildman–Crippen MR) is 238 cm³/mol. The van der Waals surface area contributed by atoms with Crippen LogP contribution >= 0.6 is 0 Å². The first kappa shape index (κ1) is 35.1. The molecule has 0 fully saturated rings. The number of hydrogen-bond donors (Lipinski definition) is 0. The molecule has 266 valence electrons. The predicted octanol–water partition coefficient (Wildman–Crippen LogP) is 15.3. The van der Waals surface area contributed by atoms with Crippen molar-refractivity contribution >= 4 is 50.0 Å². The summed E-state index contributed by atoms with van der Waals surface area (Å²) >= 11 is 0. The van der Waals surface area contributed by atoms with E-state index in [4.69, 9.17) is 0 Å². The van der Waals surface area contributed by atoms with Gasteiger partial charge in [0.1, 0.15) is 0 Å². The molecule has 2 heteroatoms. The Bertz CT molecular complexity index is 2550. The van der Waals surface area contributed by atoms with Crippen LogP contribution in [0.25, 0.3) is 54.9 Å². The summed E-state index contributed by atoms with van der Waals surface area (Å²) in [6.45, 7) is 4.00. The Morgan fingerprint density at radius 3 is 1.05 bits per heavy atom. The van der Waals surface area contributed by atoms with Gasteiger partial charge in [0.15, 0.2) is 0 Å². The van der Waals surface area contributed by atoms with E-state index in [1.807, 2.05) is 13.8 Å². The van der Waals surface area contributed by atoms with E-state index in [2.05, 4.69) is 229 Å². The molecule has 0 spiro atoms. The third-order valence-corrected chi connectivity index (χ3v) is 10.3. The molecule has 0 aliphatic carbocycles. The summed E-state index contributed by atoms with van der Waals surface area (Å²) < 4.78 is 0. The van der Waals surface area contributed by atoms with Crippen LogP contribution in [0.3, 0.4) is 0 Å². The Morgan fingerprint density at radius 2 is 0.618 bits per heavy atom. The van der Waals surface area contributed by atoms with Crippen LogP contribution in [0.15, 0.2) is 212 Å². The lowest BCUT2D eigenvalue weighted by Gasteiger charge is -2.26. The van der Waals surface area contributed by atoms with Crippen LogP contribution in [0.2, 0.25) is 0 Å². The van der Waals surface area contributed by atoms with Crippen molar-refractivity contribution in [2.24, 2.45) is 0 Å². The summed E-state index contributed by atoms with van der Waals surface area (Å²) in [6.07, 6.45) is 0. The quantitative estimate of drug-likeness (QED) is 0.145. The van der Waals surface area contributed by atoms with Crippen molar-refractivity contribution in [1.29, 1.82) is 0 Å². The first-order chi connectivity index (χ1) is 27.2. The Balaban J connectivity index is 0.00000210. The van der Waals surface area contributed by atoms with Gasteiger partial charge in [-0.2, -0.15) is 0 Å². The topological polar surface area (TPSA) is 6.48 Å². The van der Waals surface area contributed by atoms with E-state index in [0.717, 1.165) is 22.7 Å². The fourth-order valence-electron chi connectivity index (χ4n) is 7.45. The van der Waals surface area contributed by atoms with E-state index in [1.54, 1.807) is 0 Å². The second-order valence-corrected chi connectivity index (χ2v) is 13.5. The van der Waals surface area contributed by atoms with Gasteiger partial charge in [-0.25, -0.2) is 0 Å². The monoisotopic (exact) mass is 708 g/mol. The molecular formula is C53H44N2. The molecule has 0 amide bonds. The van der Waals surface area contributed by atoms with E-state index in [9.17, 15) is 0 Å². The minimum atomic E-state index is 1.10. The van der Waals surface area contributed by atoms with Crippen LogP contribution in [0, 0.1) is 0 Å². The molecule has 55 heavy (non-hydrogen) atoms. The van der Waals surface area contributed by atoms with Gasteiger partial charge in [-0.1, -0.05) is 172 Å². The van der Waals surface area contributed by atoms with E-state index in [-0.39, 0.29) is 0 Å². The lowest BCUT2D eigenvalue weighted by atomic mass is 9.99. The summed E-state index contributed by atoms with van der Waals surface area (Å²) in [5, 5.41) is 5.06. The fourth-order valence-corrected chi connectivity index (χ4v) is 7.45. The standard InChI is InChI=1S/C51H38N2.C2H6/c1-52(51-36-43-16-8-9-17-48(43)49-18-10-11-19-50(49)51)44-28-20-41(21-29-44)42-26-34-47(35-27-42)53(45-30-22-39(23-31-45)37-12-4-2-5-13-37)46-32-24-40(25-33-46)38-14-6-3-7-15-38;1-2/h2-36H,1H3;1-2H3. The first-order valence-corrected chi connectivity index (χ1v) is 19.2. The number of fused-ring (bicyclic) bond motifs is 3. The van der Waals surface area contributed by atoms with Crippen LogP contribution in [-0.4, -0.2) is 7.05 Å². The van der Waals surface area contributed by atoms with Crippen molar-refractivity contribution in [3.05, 3.63) is 212 Å². The zero-order valence-electron chi connectivity index (χ0n) is 31.6. The molecule has 0 aliphatic heterocycles. The third kappa shape index (κ3) is 7.23. The van der Waals surface area contributed by atoms with Crippen LogP contribution < -0.4 is 9.80 Å². The maximum atomic E-state index is 2.33. The number of rotatable bonds is 8. The van der Waals surface area contributed by atoms with Crippen LogP contribution in [0.4, 0.5) is 28.4 Å². The summed E-state index contributed by atoms with van der Waals surface area (Å²) in [5.41, 5.74) is 12.9. The second kappa shape index (κ2) is 16.0. The van der Waals surface area contributed by atoms with E-state index in [1.165, 1.54) is 60.6 Å². The molecule has 0 aliphatic rings. The van der Waals surface area contributed by atoms with Crippen molar-refractivity contribution in [3.63, 3.8) is 0 Å². The maximum absolute atomic E-state index is 2.33. The fraction of sp³-hybridized carbons (Fsp3) is 0.0566. The highest BCUT2D eigenvalue weighted by Gasteiger charge is 2.15. The van der Waals surface area contributed by atoms with E-state index >= 15 is 0 Å². The molecule has 2 nitrogen and oxygen atoms in total. The van der Waals surface area contributed by atoms with Crippen molar-refractivity contribution in [2.75, 3.05) is 16.8 Å². The van der Waals surface area contributed by atoms with Gasteiger partial charge in [-0.15, -0.1) is 0 Å². The lowest BCUT2D eigenvalue weighted by molar-refractivity contribution is 1.22. The van der Waals surface area contributed by atoms with Gasteiger partial charge in [0, 0.05) is 40.9 Å². The third-order valence-electron chi connectivity index (χ3n) is 10.3. The Kier molecular flexibility index (Phi) is 10.2.